The van der Waals surface area contributed by atoms with Crippen molar-refractivity contribution >= 4 is 0 Å². The molecular formula is C13H22N2O2. The van der Waals surface area contributed by atoms with E-state index in [1.54, 1.807) is 0 Å². The molecule has 1 N–H and O–H groups in total. The van der Waals surface area contributed by atoms with Gasteiger partial charge < -0.3 is 14.8 Å². The Hall–Kier alpha value is -1.13. The molecule has 1 heterocycles. The summed E-state index contributed by atoms with van der Waals surface area (Å²) in [4.78, 5) is 4.24. The van der Waals surface area contributed by atoms with Crippen LogP contribution in [0.25, 0.3) is 0 Å². The van der Waals surface area contributed by atoms with Gasteiger partial charge in [0.1, 0.15) is 6.61 Å². The molecule has 0 fully saturated rings. The Kier molecular flexibility index (Phi) is 6.58. The molecule has 0 bridgehead atoms. The smallest absolute Gasteiger partial charge is 0.213 e. The second-order valence-electron chi connectivity index (χ2n) is 4.09. The number of pyridine rings is 1. The Balaban J connectivity index is 2.29. The molecule has 96 valence electrons. The van der Waals surface area contributed by atoms with Gasteiger partial charge in [-0.15, -0.1) is 0 Å². The van der Waals surface area contributed by atoms with Crippen molar-refractivity contribution in [3.63, 3.8) is 0 Å². The van der Waals surface area contributed by atoms with Crippen LogP contribution in [0.2, 0.25) is 0 Å². The van der Waals surface area contributed by atoms with E-state index < -0.39 is 0 Å². The molecule has 0 unspecified atom stereocenters. The molecule has 17 heavy (non-hydrogen) atoms. The van der Waals surface area contributed by atoms with E-state index in [1.807, 2.05) is 25.3 Å². The molecule has 1 rings (SSSR count). The first-order valence-electron chi connectivity index (χ1n) is 6.11. The molecule has 1 aromatic rings. The van der Waals surface area contributed by atoms with E-state index in [2.05, 4.69) is 24.1 Å². The maximum Gasteiger partial charge on any atom is 0.213 e. The molecular weight excluding hydrogens is 216 g/mol. The maximum absolute atomic E-state index is 5.43. The largest absolute Gasteiger partial charge is 0.475 e. The summed E-state index contributed by atoms with van der Waals surface area (Å²) in [6.07, 6.45) is 1.84. The monoisotopic (exact) mass is 238 g/mol. The highest BCUT2D eigenvalue weighted by Gasteiger charge is 1.98. The Bertz CT molecular complexity index is 299. The average molecular weight is 238 g/mol. The summed E-state index contributed by atoms with van der Waals surface area (Å²) in [5.74, 6) is 0.651. The lowest BCUT2D eigenvalue weighted by Gasteiger charge is -2.09. The fourth-order valence-corrected chi connectivity index (χ4v) is 1.27. The van der Waals surface area contributed by atoms with E-state index in [0.29, 0.717) is 25.1 Å². The van der Waals surface area contributed by atoms with Crippen LogP contribution in [-0.2, 0) is 11.3 Å². The first kappa shape index (κ1) is 13.9. The van der Waals surface area contributed by atoms with Crippen LogP contribution in [-0.4, -0.2) is 30.8 Å². The Morgan fingerprint density at radius 2 is 2.12 bits per heavy atom. The van der Waals surface area contributed by atoms with Crippen LogP contribution in [0, 0.1) is 0 Å². The zero-order valence-corrected chi connectivity index (χ0v) is 10.9. The third-order valence-electron chi connectivity index (χ3n) is 2.19. The number of hydrogen-bond donors (Lipinski definition) is 1. The number of nitrogens with one attached hydrogen (secondary N) is 1. The highest BCUT2D eigenvalue weighted by molar-refractivity contribution is 5.17. The topological polar surface area (TPSA) is 43.4 Å². The molecule has 0 saturated heterocycles. The number of nitrogens with zero attached hydrogens (tertiary/aromatic N) is 1. The lowest BCUT2D eigenvalue weighted by molar-refractivity contribution is 0.108. The quantitative estimate of drug-likeness (QED) is 0.703. The van der Waals surface area contributed by atoms with Gasteiger partial charge in [0.2, 0.25) is 5.88 Å². The summed E-state index contributed by atoms with van der Waals surface area (Å²) >= 11 is 0. The van der Waals surface area contributed by atoms with Crippen LogP contribution in [0.3, 0.4) is 0 Å². The fourth-order valence-electron chi connectivity index (χ4n) is 1.27. The zero-order valence-electron chi connectivity index (χ0n) is 10.9. The highest BCUT2D eigenvalue weighted by atomic mass is 16.5. The van der Waals surface area contributed by atoms with Gasteiger partial charge in [-0.2, -0.15) is 0 Å². The summed E-state index contributed by atoms with van der Waals surface area (Å²) < 4.78 is 10.6. The highest BCUT2D eigenvalue weighted by Crippen LogP contribution is 2.07. The minimum atomic E-state index is 0.483. The molecule has 0 spiro atoms. The molecule has 0 aromatic carbocycles. The van der Waals surface area contributed by atoms with Crippen molar-refractivity contribution in [3.05, 3.63) is 23.9 Å². The minimum absolute atomic E-state index is 0.483. The van der Waals surface area contributed by atoms with E-state index >= 15 is 0 Å². The van der Waals surface area contributed by atoms with Crippen molar-refractivity contribution in [2.45, 2.75) is 33.4 Å². The van der Waals surface area contributed by atoms with Crippen molar-refractivity contribution in [1.82, 2.24) is 10.3 Å². The Morgan fingerprint density at radius 1 is 1.29 bits per heavy atom. The molecule has 0 aliphatic carbocycles. The number of rotatable bonds is 8. The third-order valence-corrected chi connectivity index (χ3v) is 2.19. The van der Waals surface area contributed by atoms with Crippen molar-refractivity contribution in [1.29, 1.82) is 0 Å². The van der Waals surface area contributed by atoms with E-state index in [-0.39, 0.29) is 0 Å². The summed E-state index contributed by atoms with van der Waals surface area (Å²) in [6.45, 7) is 8.92. The van der Waals surface area contributed by atoms with Gasteiger partial charge in [-0.1, -0.05) is 19.9 Å². The van der Waals surface area contributed by atoms with Gasteiger partial charge in [0.25, 0.3) is 0 Å². The Labute approximate surface area is 103 Å². The van der Waals surface area contributed by atoms with Gasteiger partial charge in [0.15, 0.2) is 0 Å². The second kappa shape index (κ2) is 8.03. The third kappa shape index (κ3) is 6.24. The van der Waals surface area contributed by atoms with E-state index in [4.69, 9.17) is 9.47 Å². The molecule has 0 atom stereocenters. The van der Waals surface area contributed by atoms with E-state index in [9.17, 15) is 0 Å². The van der Waals surface area contributed by atoms with Crippen LogP contribution in [0.15, 0.2) is 18.3 Å². The van der Waals surface area contributed by atoms with Crippen LogP contribution < -0.4 is 10.1 Å². The normalized spacial score (nSPS) is 10.8. The average Bonchev–Trinajstić information content (AvgIpc) is 2.33. The predicted molar refractivity (Wildman–Crippen MR) is 68.2 cm³/mol. The summed E-state index contributed by atoms with van der Waals surface area (Å²) in [6, 6.07) is 4.40. The molecule has 0 radical (unpaired) electrons. The van der Waals surface area contributed by atoms with Crippen LogP contribution in [0.1, 0.15) is 26.3 Å². The van der Waals surface area contributed by atoms with Crippen molar-refractivity contribution < 1.29 is 9.47 Å². The van der Waals surface area contributed by atoms with Crippen LogP contribution >= 0.6 is 0 Å². The van der Waals surface area contributed by atoms with Gasteiger partial charge in [0, 0.05) is 31.5 Å². The maximum atomic E-state index is 5.43. The predicted octanol–water partition coefficient (Wildman–Crippen LogP) is 1.99. The molecule has 0 saturated carbocycles. The lowest BCUT2D eigenvalue weighted by atomic mass is 10.2. The van der Waals surface area contributed by atoms with Gasteiger partial charge in [-0.3, -0.25) is 0 Å². The SMILES string of the molecule is CCOCCOc1ccc(CNC(C)C)cn1. The Morgan fingerprint density at radius 3 is 2.71 bits per heavy atom. The number of aromatic nitrogens is 1. The number of ether oxygens (including phenoxy) is 2. The van der Waals surface area contributed by atoms with Crippen molar-refractivity contribution in [3.8, 4) is 5.88 Å². The minimum Gasteiger partial charge on any atom is -0.475 e. The summed E-state index contributed by atoms with van der Waals surface area (Å²) in [7, 11) is 0. The van der Waals surface area contributed by atoms with Gasteiger partial charge in [0.05, 0.1) is 6.61 Å². The molecule has 0 amide bonds. The van der Waals surface area contributed by atoms with Gasteiger partial charge in [-0.25, -0.2) is 4.98 Å². The zero-order chi connectivity index (χ0) is 12.5. The summed E-state index contributed by atoms with van der Waals surface area (Å²) in [5, 5.41) is 3.34. The van der Waals surface area contributed by atoms with E-state index in [1.165, 1.54) is 0 Å². The van der Waals surface area contributed by atoms with Crippen molar-refractivity contribution in [2.75, 3.05) is 19.8 Å². The first-order chi connectivity index (χ1) is 8.22. The molecule has 0 aliphatic heterocycles. The van der Waals surface area contributed by atoms with Gasteiger partial charge >= 0.3 is 0 Å². The fraction of sp³-hybridized carbons (Fsp3) is 0.615. The molecule has 0 aliphatic rings. The standard InChI is InChI=1S/C13H22N2O2/c1-4-16-7-8-17-13-6-5-12(10-15-13)9-14-11(2)3/h5-6,10-11,14H,4,7-9H2,1-3H3. The first-order valence-corrected chi connectivity index (χ1v) is 6.11. The van der Waals surface area contributed by atoms with E-state index in [0.717, 1.165) is 18.7 Å². The second-order valence-corrected chi connectivity index (χ2v) is 4.09. The van der Waals surface area contributed by atoms with Crippen LogP contribution in [0.5, 0.6) is 5.88 Å². The molecule has 4 heteroatoms. The van der Waals surface area contributed by atoms with Gasteiger partial charge in [-0.05, 0) is 12.5 Å². The molecule has 1 aromatic heterocycles. The molecule has 4 nitrogen and oxygen atoms in total. The number of hydrogen-bond acceptors (Lipinski definition) is 4. The van der Waals surface area contributed by atoms with Crippen LogP contribution in [0.4, 0.5) is 0 Å². The summed E-state index contributed by atoms with van der Waals surface area (Å²) in [5.41, 5.74) is 1.16. The van der Waals surface area contributed by atoms with Crippen molar-refractivity contribution in [2.24, 2.45) is 0 Å². The lowest BCUT2D eigenvalue weighted by Crippen LogP contribution is -2.21.